The maximum absolute atomic E-state index is 10.9. The number of hydrogen-bond donors (Lipinski definition) is 3. The third-order valence-corrected chi connectivity index (χ3v) is 5.34. The van der Waals surface area contributed by atoms with Crippen molar-refractivity contribution >= 4 is 22.0 Å². The summed E-state index contributed by atoms with van der Waals surface area (Å²) in [6.45, 7) is 0. The number of carbonyl (C=O) groups is 2. The lowest BCUT2D eigenvalue weighted by Crippen LogP contribution is -2.29. The van der Waals surface area contributed by atoms with E-state index in [9.17, 15) is 18.0 Å². The number of hydrogen-bond acceptors (Lipinski definition) is 4. The van der Waals surface area contributed by atoms with Crippen molar-refractivity contribution < 1.29 is 27.7 Å². The van der Waals surface area contributed by atoms with Gasteiger partial charge in [0.15, 0.2) is 5.25 Å². The molecular weight excluding hydrogens is 358 g/mol. The highest BCUT2D eigenvalue weighted by Crippen LogP contribution is 2.13. The average molecular weight is 392 g/mol. The highest BCUT2D eigenvalue weighted by atomic mass is 32.2. The number of carbonyl (C=O) groups excluding carboxylic acids is 1. The van der Waals surface area contributed by atoms with E-state index in [0.717, 1.165) is 64.2 Å². The van der Waals surface area contributed by atoms with Gasteiger partial charge in [0.1, 0.15) is 0 Å². The van der Waals surface area contributed by atoms with Crippen molar-refractivity contribution in [1.82, 2.24) is 0 Å². The van der Waals surface area contributed by atoms with Crippen molar-refractivity contribution in [1.29, 1.82) is 0 Å². The zero-order valence-electron chi connectivity index (χ0n) is 15.4. The molecule has 0 saturated carbocycles. The lowest BCUT2D eigenvalue weighted by molar-refractivity contribution is -0.136. The first-order valence-corrected chi connectivity index (χ1v) is 10.9. The molecule has 1 amide bonds. The molecule has 0 aromatic carbocycles. The number of carboxylic acid groups (broad SMARTS) is 1. The third-order valence-electron chi connectivity index (χ3n) is 4.18. The molecule has 1 unspecified atom stereocenters. The quantitative estimate of drug-likeness (QED) is 0.197. The van der Waals surface area contributed by atoms with Crippen LogP contribution in [-0.2, 0) is 19.7 Å². The van der Waals surface area contributed by atoms with E-state index < -0.39 is 21.3 Å². The molecule has 0 rings (SSSR count). The molecule has 7 nitrogen and oxygen atoms in total. The number of amides is 1. The van der Waals surface area contributed by atoms with E-state index >= 15 is 0 Å². The Kier molecular flexibility index (Phi) is 13.9. The van der Waals surface area contributed by atoms with Gasteiger partial charge >= 0.3 is 5.97 Å². The molecular formula is C18H33NO6S. The SMILES string of the molecule is NC(=O)CCCCCCCC=CCCCCCCC(C(=O)O)S(=O)(=O)O. The summed E-state index contributed by atoms with van der Waals surface area (Å²) in [7, 11) is -4.52. The van der Waals surface area contributed by atoms with Gasteiger partial charge < -0.3 is 10.8 Å². The molecule has 0 radical (unpaired) electrons. The Bertz CT molecular complexity index is 530. The number of aliphatic carboxylic acids is 1. The number of unbranched alkanes of at least 4 members (excludes halogenated alkanes) is 9. The molecule has 0 bridgehead atoms. The largest absolute Gasteiger partial charge is 0.480 e. The van der Waals surface area contributed by atoms with Gasteiger partial charge in [0.05, 0.1) is 0 Å². The zero-order valence-corrected chi connectivity index (χ0v) is 16.3. The number of rotatable bonds is 17. The van der Waals surface area contributed by atoms with E-state index in [2.05, 4.69) is 12.2 Å². The van der Waals surface area contributed by atoms with Gasteiger partial charge in [0.25, 0.3) is 10.1 Å². The second-order valence-electron chi connectivity index (χ2n) is 6.58. The lowest BCUT2D eigenvalue weighted by atomic mass is 10.1. The van der Waals surface area contributed by atoms with Crippen LogP contribution in [0.4, 0.5) is 0 Å². The highest BCUT2D eigenvalue weighted by molar-refractivity contribution is 7.87. The predicted molar refractivity (Wildman–Crippen MR) is 101 cm³/mol. The van der Waals surface area contributed by atoms with Crippen molar-refractivity contribution in [3.8, 4) is 0 Å². The molecule has 0 aromatic heterocycles. The van der Waals surface area contributed by atoms with Crippen LogP contribution in [0.15, 0.2) is 12.2 Å². The van der Waals surface area contributed by atoms with Gasteiger partial charge in [0.2, 0.25) is 5.91 Å². The topological polar surface area (TPSA) is 135 Å². The van der Waals surface area contributed by atoms with E-state index in [0.29, 0.717) is 12.8 Å². The fraction of sp³-hybridized carbons (Fsp3) is 0.778. The smallest absolute Gasteiger partial charge is 0.324 e. The summed E-state index contributed by atoms with van der Waals surface area (Å²) in [6, 6.07) is 0. The van der Waals surface area contributed by atoms with E-state index in [-0.39, 0.29) is 12.3 Å². The Hall–Kier alpha value is -1.41. The van der Waals surface area contributed by atoms with E-state index in [4.69, 9.17) is 15.4 Å². The van der Waals surface area contributed by atoms with Crippen molar-refractivity contribution in [3.63, 3.8) is 0 Å². The molecule has 0 aromatic rings. The Balaban J connectivity index is 3.48. The van der Waals surface area contributed by atoms with Crippen LogP contribution in [-0.4, -0.2) is 35.2 Å². The normalized spacial score (nSPS) is 13.1. The summed E-state index contributed by atoms with van der Waals surface area (Å²) in [4.78, 5) is 21.3. The van der Waals surface area contributed by atoms with Crippen LogP contribution in [0.1, 0.15) is 83.5 Å². The van der Waals surface area contributed by atoms with E-state index in [1.54, 1.807) is 0 Å². The minimum absolute atomic E-state index is 0.0521. The zero-order chi connectivity index (χ0) is 19.8. The van der Waals surface area contributed by atoms with Gasteiger partial charge in [-0.3, -0.25) is 14.1 Å². The van der Waals surface area contributed by atoms with Crippen LogP contribution in [0.25, 0.3) is 0 Å². The Morgan fingerprint density at radius 2 is 1.31 bits per heavy atom. The van der Waals surface area contributed by atoms with Crippen LogP contribution < -0.4 is 5.73 Å². The van der Waals surface area contributed by atoms with Gasteiger partial charge in [-0.2, -0.15) is 8.42 Å². The van der Waals surface area contributed by atoms with Crippen LogP contribution in [0.3, 0.4) is 0 Å². The van der Waals surface area contributed by atoms with Crippen LogP contribution in [0.5, 0.6) is 0 Å². The molecule has 26 heavy (non-hydrogen) atoms. The number of allylic oxidation sites excluding steroid dienone is 2. The fourth-order valence-electron chi connectivity index (χ4n) is 2.67. The second kappa shape index (κ2) is 14.7. The van der Waals surface area contributed by atoms with E-state index in [1.807, 2.05) is 0 Å². The minimum Gasteiger partial charge on any atom is -0.480 e. The van der Waals surface area contributed by atoms with Crippen molar-refractivity contribution in [2.24, 2.45) is 5.73 Å². The Morgan fingerprint density at radius 3 is 1.77 bits per heavy atom. The van der Waals surface area contributed by atoms with Gasteiger partial charge in [-0.1, -0.05) is 50.7 Å². The van der Waals surface area contributed by atoms with Crippen LogP contribution in [0, 0.1) is 0 Å². The summed E-state index contributed by atoms with van der Waals surface area (Å²) < 4.78 is 30.7. The molecule has 0 heterocycles. The summed E-state index contributed by atoms with van der Waals surface area (Å²) in [6.07, 6.45) is 15.2. The summed E-state index contributed by atoms with van der Waals surface area (Å²) >= 11 is 0. The van der Waals surface area contributed by atoms with Crippen molar-refractivity contribution in [2.75, 3.05) is 0 Å². The summed E-state index contributed by atoms with van der Waals surface area (Å²) in [5.74, 6) is -1.73. The molecule has 0 aliphatic rings. The van der Waals surface area contributed by atoms with Gasteiger partial charge in [-0.25, -0.2) is 0 Å². The van der Waals surface area contributed by atoms with Gasteiger partial charge in [-0.05, 0) is 38.5 Å². The highest BCUT2D eigenvalue weighted by Gasteiger charge is 2.29. The average Bonchev–Trinajstić information content (AvgIpc) is 2.52. The molecule has 4 N–H and O–H groups in total. The summed E-state index contributed by atoms with van der Waals surface area (Å²) in [5.41, 5.74) is 5.08. The van der Waals surface area contributed by atoms with Gasteiger partial charge in [-0.15, -0.1) is 0 Å². The monoisotopic (exact) mass is 391 g/mol. The van der Waals surface area contributed by atoms with Crippen molar-refractivity contribution in [2.45, 2.75) is 88.7 Å². The molecule has 0 saturated heterocycles. The number of nitrogens with two attached hydrogens (primary N) is 1. The Labute approximate surface area is 156 Å². The Morgan fingerprint density at radius 1 is 0.846 bits per heavy atom. The number of primary amides is 1. The fourth-order valence-corrected chi connectivity index (χ4v) is 3.39. The molecule has 1 atom stereocenters. The molecule has 0 aliphatic carbocycles. The summed E-state index contributed by atoms with van der Waals surface area (Å²) in [5, 5.41) is 7.06. The van der Waals surface area contributed by atoms with Gasteiger partial charge in [0, 0.05) is 6.42 Å². The molecule has 0 aliphatic heterocycles. The van der Waals surface area contributed by atoms with Crippen LogP contribution in [0.2, 0.25) is 0 Å². The molecule has 152 valence electrons. The van der Waals surface area contributed by atoms with Crippen molar-refractivity contribution in [3.05, 3.63) is 12.2 Å². The first kappa shape index (κ1) is 24.6. The first-order chi connectivity index (χ1) is 12.2. The third kappa shape index (κ3) is 14.9. The molecule has 8 heteroatoms. The van der Waals surface area contributed by atoms with E-state index in [1.165, 1.54) is 0 Å². The lowest BCUT2D eigenvalue weighted by Gasteiger charge is -2.08. The first-order valence-electron chi connectivity index (χ1n) is 9.37. The maximum atomic E-state index is 10.9. The number of carboxylic acids is 1. The second-order valence-corrected chi connectivity index (χ2v) is 8.18. The minimum atomic E-state index is -4.52. The molecule has 0 spiro atoms. The van der Waals surface area contributed by atoms with Crippen LogP contribution >= 0.6 is 0 Å². The standard InChI is InChI=1S/C18H33NO6S/c19-17(20)15-13-11-9-7-5-3-1-2-4-6-8-10-12-14-16(18(21)22)26(23,24)25/h1-2,16H,3-15H2,(H2,19,20)(H,21,22)(H,23,24,25). The predicted octanol–water partition coefficient (Wildman–Crippen LogP) is 3.44. The maximum Gasteiger partial charge on any atom is 0.324 e. The molecule has 0 fully saturated rings.